The van der Waals surface area contributed by atoms with Gasteiger partial charge in [0, 0.05) is 12.3 Å². The van der Waals surface area contributed by atoms with E-state index in [-0.39, 0.29) is 62.3 Å². The number of hydrogen-bond donors (Lipinski definition) is 0. The number of rotatable bonds is 1. The van der Waals surface area contributed by atoms with E-state index in [9.17, 15) is 0 Å². The zero-order valence-electron chi connectivity index (χ0n) is 7.52. The van der Waals surface area contributed by atoms with Crippen molar-refractivity contribution in [3.8, 4) is 0 Å². The Kier molecular flexibility index (Phi) is 7.83. The molecule has 1 fully saturated rings. The molecule has 0 amide bonds. The third-order valence-corrected chi connectivity index (χ3v) is 3.28. The Labute approximate surface area is 104 Å². The van der Waals surface area contributed by atoms with Crippen molar-refractivity contribution in [2.75, 3.05) is 6.61 Å². The van der Waals surface area contributed by atoms with Crippen LogP contribution >= 0.6 is 0 Å². The first-order chi connectivity index (χ1) is 3.93. The molecule has 0 saturated carbocycles. The van der Waals surface area contributed by atoms with Gasteiger partial charge in [-0.15, -0.1) is 0 Å². The molecular formula is C6H15KOSi. The summed E-state index contributed by atoms with van der Waals surface area (Å²) in [4.78, 5) is 0. The van der Waals surface area contributed by atoms with Crippen molar-refractivity contribution in [2.24, 2.45) is 0 Å². The van der Waals surface area contributed by atoms with Crippen LogP contribution in [0.15, 0.2) is 0 Å². The Morgan fingerprint density at radius 2 is 2.33 bits per heavy atom. The maximum atomic E-state index is 5.49. The van der Waals surface area contributed by atoms with Crippen LogP contribution in [0.1, 0.15) is 20.7 Å². The van der Waals surface area contributed by atoms with Crippen molar-refractivity contribution in [1.29, 1.82) is 0 Å². The summed E-state index contributed by atoms with van der Waals surface area (Å²) in [5, 5.41) is 0. The van der Waals surface area contributed by atoms with E-state index in [1.165, 1.54) is 19.3 Å². The summed E-state index contributed by atoms with van der Waals surface area (Å²) in [6.45, 7) is 3.36. The number of ether oxygens (including phenoxy) is 1. The maximum Gasteiger partial charge on any atom is 1.00 e. The van der Waals surface area contributed by atoms with Crippen molar-refractivity contribution in [2.45, 2.75) is 31.5 Å². The molecule has 1 atom stereocenters. The van der Waals surface area contributed by atoms with Crippen LogP contribution in [0.3, 0.4) is 0 Å². The zero-order chi connectivity index (χ0) is 5.82. The van der Waals surface area contributed by atoms with Crippen molar-refractivity contribution >= 4 is 9.52 Å². The standard InChI is InChI=1S/C6H14OSi.K.H/c1-8-6-4-2-3-5-7-6;;/h6H,2-5,8H2,1H3;;/q;+1;-1. The van der Waals surface area contributed by atoms with E-state index in [0.717, 1.165) is 12.3 Å². The van der Waals surface area contributed by atoms with E-state index in [1.807, 2.05) is 0 Å². The van der Waals surface area contributed by atoms with Crippen LogP contribution in [0.2, 0.25) is 6.55 Å². The van der Waals surface area contributed by atoms with Crippen LogP contribution in [0.4, 0.5) is 0 Å². The van der Waals surface area contributed by atoms with E-state index in [0.29, 0.717) is 0 Å². The van der Waals surface area contributed by atoms with E-state index < -0.39 is 0 Å². The minimum absolute atomic E-state index is 0. The molecule has 50 valence electrons. The summed E-state index contributed by atoms with van der Waals surface area (Å²) in [7, 11) is 0.146. The minimum atomic E-state index is 0. The van der Waals surface area contributed by atoms with E-state index in [1.54, 1.807) is 0 Å². The quantitative estimate of drug-likeness (QED) is 0.408. The molecule has 1 heterocycles. The molecule has 1 aliphatic rings. The van der Waals surface area contributed by atoms with Crippen LogP contribution in [0.5, 0.6) is 0 Å². The zero-order valence-corrected chi connectivity index (χ0v) is 11.1. The normalized spacial score (nSPS) is 28.3. The molecule has 0 N–H and O–H groups in total. The molecule has 1 nitrogen and oxygen atoms in total. The molecule has 0 aliphatic carbocycles. The summed E-state index contributed by atoms with van der Waals surface area (Å²) in [6.07, 6.45) is 4.05. The van der Waals surface area contributed by atoms with Crippen LogP contribution in [-0.2, 0) is 4.74 Å². The van der Waals surface area contributed by atoms with Gasteiger partial charge in [-0.05, 0) is 19.3 Å². The second kappa shape index (κ2) is 6.52. The third-order valence-electron chi connectivity index (χ3n) is 1.73. The fraction of sp³-hybridized carbons (Fsp3) is 1.00. The summed E-state index contributed by atoms with van der Waals surface area (Å²) < 4.78 is 5.49. The Morgan fingerprint density at radius 3 is 2.67 bits per heavy atom. The molecule has 0 bridgehead atoms. The monoisotopic (exact) mass is 170 g/mol. The largest absolute Gasteiger partial charge is 1.00 e. The van der Waals surface area contributed by atoms with Gasteiger partial charge >= 0.3 is 51.4 Å². The van der Waals surface area contributed by atoms with Gasteiger partial charge in [0.1, 0.15) is 0 Å². The molecule has 0 aromatic heterocycles. The van der Waals surface area contributed by atoms with Gasteiger partial charge in [-0.1, -0.05) is 6.55 Å². The molecule has 0 radical (unpaired) electrons. The molecule has 3 heteroatoms. The Bertz CT molecular complexity index is 68.8. The van der Waals surface area contributed by atoms with Gasteiger partial charge in [0.2, 0.25) is 0 Å². The van der Waals surface area contributed by atoms with Gasteiger partial charge in [0.05, 0.1) is 9.52 Å². The topological polar surface area (TPSA) is 9.23 Å². The van der Waals surface area contributed by atoms with Crippen molar-refractivity contribution in [3.05, 3.63) is 0 Å². The molecule has 1 aliphatic heterocycles. The summed E-state index contributed by atoms with van der Waals surface area (Å²) in [6, 6.07) is 0. The van der Waals surface area contributed by atoms with E-state index in [2.05, 4.69) is 6.55 Å². The average molecular weight is 170 g/mol. The molecule has 0 aromatic carbocycles. The van der Waals surface area contributed by atoms with Crippen LogP contribution in [0, 0.1) is 0 Å². The van der Waals surface area contributed by atoms with Crippen LogP contribution in [0.25, 0.3) is 0 Å². The van der Waals surface area contributed by atoms with Gasteiger partial charge in [-0.3, -0.25) is 0 Å². The van der Waals surface area contributed by atoms with Crippen LogP contribution < -0.4 is 51.4 Å². The molecule has 1 rings (SSSR count). The SMILES string of the molecule is C[SiH2]C1CCCCO1.[H-].[K+]. The van der Waals surface area contributed by atoms with E-state index in [4.69, 9.17) is 4.74 Å². The summed E-state index contributed by atoms with van der Waals surface area (Å²) >= 11 is 0. The van der Waals surface area contributed by atoms with Gasteiger partial charge in [0.25, 0.3) is 0 Å². The summed E-state index contributed by atoms with van der Waals surface area (Å²) in [5.74, 6) is 0. The Balaban J connectivity index is 0. The van der Waals surface area contributed by atoms with Gasteiger partial charge in [-0.25, -0.2) is 0 Å². The van der Waals surface area contributed by atoms with Gasteiger partial charge in [0.15, 0.2) is 0 Å². The Morgan fingerprint density at radius 1 is 1.56 bits per heavy atom. The second-order valence-electron chi connectivity index (χ2n) is 2.40. The predicted octanol–water partition coefficient (Wildman–Crippen LogP) is -2.15. The maximum absolute atomic E-state index is 5.49. The molecule has 9 heavy (non-hydrogen) atoms. The molecule has 1 saturated heterocycles. The summed E-state index contributed by atoms with van der Waals surface area (Å²) in [5.41, 5.74) is 0.726. The van der Waals surface area contributed by atoms with Crippen molar-refractivity contribution < 1.29 is 57.5 Å². The van der Waals surface area contributed by atoms with Crippen molar-refractivity contribution in [3.63, 3.8) is 0 Å². The Hall–Kier alpha value is 1.81. The van der Waals surface area contributed by atoms with Gasteiger partial charge in [-0.2, -0.15) is 0 Å². The van der Waals surface area contributed by atoms with E-state index >= 15 is 0 Å². The average Bonchev–Trinajstić information content (AvgIpc) is 1.90. The first-order valence-corrected chi connectivity index (χ1v) is 5.78. The number of hydrogen-bond acceptors (Lipinski definition) is 1. The molecule has 0 aromatic rings. The molecule has 1 unspecified atom stereocenters. The van der Waals surface area contributed by atoms with Crippen molar-refractivity contribution in [1.82, 2.24) is 0 Å². The first-order valence-electron chi connectivity index (χ1n) is 3.55. The smallest absolute Gasteiger partial charge is 1.00 e. The fourth-order valence-corrected chi connectivity index (χ4v) is 2.23. The van der Waals surface area contributed by atoms with Crippen LogP contribution in [-0.4, -0.2) is 21.9 Å². The van der Waals surface area contributed by atoms with Gasteiger partial charge < -0.3 is 6.16 Å². The molecule has 0 spiro atoms. The minimum Gasteiger partial charge on any atom is -1.00 e. The predicted molar refractivity (Wildman–Crippen MR) is 39.1 cm³/mol. The first kappa shape index (κ1) is 10.8. The second-order valence-corrected chi connectivity index (χ2v) is 4.12. The fourth-order valence-electron chi connectivity index (χ4n) is 1.13. The third kappa shape index (κ3) is 4.29. The molecular weight excluding hydrogens is 155 g/mol.